The Bertz CT molecular complexity index is 1540. The molecule has 0 heterocycles. The first-order valence-electron chi connectivity index (χ1n) is 21.1. The molecule has 0 saturated heterocycles. The first kappa shape index (κ1) is 60.7. The zero-order valence-corrected chi connectivity index (χ0v) is 40.4. The highest BCUT2D eigenvalue weighted by molar-refractivity contribution is 5.86. The fourth-order valence-electron chi connectivity index (χ4n) is 4.88. The van der Waals surface area contributed by atoms with E-state index < -0.39 is 83.8 Å². The molecule has 0 bridgehead atoms. The van der Waals surface area contributed by atoms with Crippen molar-refractivity contribution < 1.29 is 57.6 Å². The summed E-state index contributed by atoms with van der Waals surface area (Å²) in [4.78, 5) is 84.9. The number of primary amides is 2. The van der Waals surface area contributed by atoms with Crippen LogP contribution in [0.1, 0.15) is 106 Å². The number of alkyl carbamates (subject to hydrolysis) is 4. The number of hydrogen-bond acceptors (Lipinski definition) is 14. The summed E-state index contributed by atoms with van der Waals surface area (Å²) in [6, 6.07) is 7.05. The average molecular weight is 914 g/mol. The van der Waals surface area contributed by atoms with E-state index in [2.05, 4.69) is 26.6 Å². The number of nitrogens with zero attached hydrogens (tertiary/aromatic N) is 2. The summed E-state index contributed by atoms with van der Waals surface area (Å²) in [6.07, 6.45) is 0.688. The molecule has 0 aliphatic heterocycles. The highest BCUT2D eigenvalue weighted by Crippen LogP contribution is 2.10. The molecule has 1 aromatic carbocycles. The van der Waals surface area contributed by atoms with Gasteiger partial charge in [-0.2, -0.15) is 0 Å². The molecule has 368 valence electrons. The number of amides is 7. The molecular weight excluding hydrogens is 835 g/mol. The number of nitrogens with one attached hydrogen (secondary N) is 5. The number of benzene rings is 1. The lowest BCUT2D eigenvalue weighted by atomic mass is 10.1. The van der Waals surface area contributed by atoms with Crippen LogP contribution in [0.4, 0.5) is 19.2 Å². The highest BCUT2D eigenvalue weighted by atomic mass is 16.6. The van der Waals surface area contributed by atoms with Gasteiger partial charge in [0.25, 0.3) is 0 Å². The summed E-state index contributed by atoms with van der Waals surface area (Å²) in [7, 11) is 7.76. The number of nitrogens with two attached hydrogens (primary N) is 2. The van der Waals surface area contributed by atoms with Gasteiger partial charge < -0.3 is 71.9 Å². The number of rotatable bonds is 21. The Morgan fingerprint density at radius 1 is 0.578 bits per heavy atom. The molecule has 0 aliphatic rings. The SMILES string of the molecule is CC(C)(C)OC(=O)N[C@@H](CCCNC(=O)OCc1ccccc1)C(N)=O.CN(C)CCC[C@H](NC(=O)OC(C)(C)C)C(=O)NCO.CN(C)CCC[C@H](NC(=O)OC(C)(C)C)C(N)=O. The second-order valence-electron chi connectivity index (χ2n) is 18.1. The third-order valence-electron chi connectivity index (χ3n) is 7.68. The Kier molecular flexibility index (Phi) is 29.8. The van der Waals surface area contributed by atoms with Crippen molar-refractivity contribution in [1.29, 1.82) is 0 Å². The molecule has 0 spiro atoms. The van der Waals surface area contributed by atoms with E-state index in [9.17, 15) is 33.6 Å². The number of ether oxygens (including phenoxy) is 4. The minimum atomic E-state index is -0.869. The van der Waals surface area contributed by atoms with Gasteiger partial charge in [0.2, 0.25) is 17.7 Å². The number of hydrogen-bond donors (Lipinski definition) is 8. The van der Waals surface area contributed by atoms with Crippen LogP contribution in [0.5, 0.6) is 0 Å². The maximum absolute atomic E-state index is 11.8. The van der Waals surface area contributed by atoms with E-state index in [0.717, 1.165) is 31.5 Å². The van der Waals surface area contributed by atoms with E-state index in [1.165, 1.54) is 0 Å². The van der Waals surface area contributed by atoms with E-state index in [1.807, 2.05) is 68.3 Å². The van der Waals surface area contributed by atoms with Gasteiger partial charge in [0, 0.05) is 6.54 Å². The van der Waals surface area contributed by atoms with Gasteiger partial charge >= 0.3 is 24.4 Å². The zero-order valence-electron chi connectivity index (χ0n) is 40.4. The van der Waals surface area contributed by atoms with Gasteiger partial charge in [-0.3, -0.25) is 14.4 Å². The molecule has 21 heteroatoms. The third kappa shape index (κ3) is 37.2. The minimum Gasteiger partial charge on any atom is -0.445 e. The Hall–Kier alpha value is -5.41. The quantitative estimate of drug-likeness (QED) is 0.0500. The molecular formula is C43H79N9O12. The molecule has 7 amide bonds. The lowest BCUT2D eigenvalue weighted by molar-refractivity contribution is -0.124. The van der Waals surface area contributed by atoms with Gasteiger partial charge in [-0.15, -0.1) is 0 Å². The largest absolute Gasteiger partial charge is 0.445 e. The van der Waals surface area contributed by atoms with E-state index in [0.29, 0.717) is 19.3 Å². The zero-order chi connectivity index (χ0) is 49.7. The average Bonchev–Trinajstić information content (AvgIpc) is 3.12. The number of carbonyl (C=O) groups is 7. The Morgan fingerprint density at radius 2 is 0.953 bits per heavy atom. The van der Waals surface area contributed by atoms with Crippen LogP contribution >= 0.6 is 0 Å². The lowest BCUT2D eigenvalue weighted by Gasteiger charge is -2.23. The predicted octanol–water partition coefficient (Wildman–Crippen LogP) is 3.07. The molecule has 3 atom stereocenters. The van der Waals surface area contributed by atoms with Crippen LogP contribution in [0.2, 0.25) is 0 Å². The van der Waals surface area contributed by atoms with Crippen molar-refractivity contribution in [2.24, 2.45) is 11.5 Å². The number of aliphatic hydroxyl groups excluding tert-OH is 1. The summed E-state index contributed by atoms with van der Waals surface area (Å²) < 4.78 is 20.4. The van der Waals surface area contributed by atoms with Crippen LogP contribution in [0.3, 0.4) is 0 Å². The van der Waals surface area contributed by atoms with E-state index in [-0.39, 0.29) is 19.6 Å². The monoisotopic (exact) mass is 914 g/mol. The van der Waals surface area contributed by atoms with Crippen molar-refractivity contribution >= 4 is 42.1 Å². The van der Waals surface area contributed by atoms with Crippen molar-refractivity contribution in [1.82, 2.24) is 36.4 Å². The van der Waals surface area contributed by atoms with Crippen molar-refractivity contribution in [2.75, 3.05) is 54.6 Å². The molecule has 1 aromatic rings. The fourth-order valence-corrected chi connectivity index (χ4v) is 4.88. The molecule has 0 fully saturated rings. The Labute approximate surface area is 379 Å². The molecule has 64 heavy (non-hydrogen) atoms. The van der Waals surface area contributed by atoms with Crippen LogP contribution < -0.4 is 38.1 Å². The topological polar surface area (TPSA) is 295 Å². The number of aliphatic hydroxyl groups is 1. The highest BCUT2D eigenvalue weighted by Gasteiger charge is 2.25. The molecule has 0 radical (unpaired) electrons. The van der Waals surface area contributed by atoms with Crippen molar-refractivity contribution in [3.63, 3.8) is 0 Å². The third-order valence-corrected chi connectivity index (χ3v) is 7.68. The predicted molar refractivity (Wildman–Crippen MR) is 243 cm³/mol. The Morgan fingerprint density at radius 3 is 1.31 bits per heavy atom. The molecule has 0 aromatic heterocycles. The minimum absolute atomic E-state index is 0.177. The van der Waals surface area contributed by atoms with Gasteiger partial charge in [0.15, 0.2) is 0 Å². The molecule has 21 nitrogen and oxygen atoms in total. The van der Waals surface area contributed by atoms with Gasteiger partial charge in [-0.25, -0.2) is 19.2 Å². The molecule has 0 aliphatic carbocycles. The van der Waals surface area contributed by atoms with Gasteiger partial charge in [0.05, 0.1) is 0 Å². The van der Waals surface area contributed by atoms with Crippen molar-refractivity contribution in [3.05, 3.63) is 35.9 Å². The van der Waals surface area contributed by atoms with Gasteiger partial charge in [-0.05, 0) is 148 Å². The number of carbonyl (C=O) groups excluding carboxylic acids is 7. The maximum Gasteiger partial charge on any atom is 0.408 e. The van der Waals surface area contributed by atoms with Gasteiger partial charge in [0.1, 0.15) is 48.3 Å². The van der Waals surface area contributed by atoms with Crippen LogP contribution in [0, 0.1) is 0 Å². The van der Waals surface area contributed by atoms with Crippen molar-refractivity contribution in [3.8, 4) is 0 Å². The summed E-state index contributed by atoms with van der Waals surface area (Å²) in [5, 5.41) is 21.1. The normalized spacial score (nSPS) is 12.6. The van der Waals surface area contributed by atoms with Crippen LogP contribution in [0.25, 0.3) is 0 Å². The lowest BCUT2D eigenvalue weighted by Crippen LogP contribution is -2.48. The molecule has 1 rings (SSSR count). The van der Waals surface area contributed by atoms with Crippen LogP contribution in [-0.4, -0.2) is 146 Å². The van der Waals surface area contributed by atoms with Gasteiger partial charge in [-0.1, -0.05) is 30.3 Å². The van der Waals surface area contributed by atoms with E-state index in [1.54, 1.807) is 62.3 Å². The fraction of sp³-hybridized carbons (Fsp3) is 0.698. The first-order chi connectivity index (χ1) is 29.4. The molecule has 0 saturated carbocycles. The Balaban J connectivity index is 0. The second-order valence-corrected chi connectivity index (χ2v) is 18.1. The van der Waals surface area contributed by atoms with Crippen LogP contribution in [0.15, 0.2) is 30.3 Å². The summed E-state index contributed by atoms with van der Waals surface area (Å²) >= 11 is 0. The molecule has 0 unspecified atom stereocenters. The van der Waals surface area contributed by atoms with Crippen LogP contribution in [-0.2, 0) is 39.9 Å². The van der Waals surface area contributed by atoms with E-state index >= 15 is 0 Å². The smallest absolute Gasteiger partial charge is 0.408 e. The maximum atomic E-state index is 11.8. The summed E-state index contributed by atoms with van der Waals surface area (Å²) in [6.45, 7) is 17.3. The molecule has 10 N–H and O–H groups in total. The summed E-state index contributed by atoms with van der Waals surface area (Å²) in [5.74, 6) is -1.63. The second kappa shape index (κ2) is 31.4. The van der Waals surface area contributed by atoms with E-state index in [4.69, 9.17) is 35.5 Å². The standard InChI is InChI=1S/C18H27N3O5.C13H27N3O4.C12H25N3O3/c1-18(2,3)26-17(24)21-14(15(19)22)10-7-11-20-16(23)25-12-13-8-5-4-6-9-13;1-13(2,3)20-12(19)15-10(11(18)14-9-17)7-6-8-16(4)5;1-12(2,3)18-11(17)14-9(10(13)16)7-6-8-15(4)5/h4-6,8-9,14H,7,10-12H2,1-3H3,(H2,19,22)(H,20,23)(H,21,24);10,17H,6-9H2,1-5H3,(H,14,18)(H,15,19);9H,6-8H2,1-5H3,(H2,13,16)(H,14,17)/t14-;10-;9-/m000/s1. The summed E-state index contributed by atoms with van der Waals surface area (Å²) in [5.41, 5.74) is 9.53. The first-order valence-corrected chi connectivity index (χ1v) is 21.1. The van der Waals surface area contributed by atoms with Crippen molar-refractivity contribution in [2.45, 2.75) is 142 Å².